The molecule has 1 fully saturated rings. The quantitative estimate of drug-likeness (QED) is 0.817. The minimum absolute atomic E-state index is 0.620. The third-order valence-corrected chi connectivity index (χ3v) is 4.18. The Bertz CT molecular complexity index is 353. The number of nitrogens with zero attached hydrogens (tertiary/aromatic N) is 1. The number of aromatic nitrogens is 1. The number of aliphatic carboxylic acids is 1. The molecule has 0 radical (unpaired) electrons. The molecule has 0 aliphatic heterocycles. The second-order valence-electron chi connectivity index (χ2n) is 3.86. The van der Waals surface area contributed by atoms with Gasteiger partial charge in [0.05, 0.1) is 11.2 Å². The number of carbonyl (C=O) groups is 1. The van der Waals surface area contributed by atoms with Crippen LogP contribution in [-0.4, -0.2) is 16.1 Å². The summed E-state index contributed by atoms with van der Waals surface area (Å²) in [6.45, 7) is 1.90. The summed E-state index contributed by atoms with van der Waals surface area (Å²) in [7, 11) is 0. The molecule has 0 atom stereocenters. The van der Waals surface area contributed by atoms with Crippen molar-refractivity contribution in [3.05, 3.63) is 16.1 Å². The van der Waals surface area contributed by atoms with Gasteiger partial charge < -0.3 is 5.11 Å². The highest BCUT2D eigenvalue weighted by Crippen LogP contribution is 2.44. The zero-order valence-electron chi connectivity index (χ0n) is 8.12. The van der Waals surface area contributed by atoms with Crippen LogP contribution < -0.4 is 0 Å². The minimum atomic E-state index is -0.678. The first-order valence-electron chi connectivity index (χ1n) is 4.81. The van der Waals surface area contributed by atoms with Gasteiger partial charge in [-0.2, -0.15) is 0 Å². The first-order chi connectivity index (χ1) is 6.67. The standard InChI is InChI=1S/C10H13NO2S/c1-7-8(14-6-11-7)10(9(12)13)4-2-3-5-10/h6H,2-5H2,1H3,(H,12,13). The number of carboxylic acid groups (broad SMARTS) is 1. The Morgan fingerprint density at radius 1 is 1.57 bits per heavy atom. The molecule has 2 rings (SSSR count). The van der Waals surface area contributed by atoms with E-state index in [1.807, 2.05) is 6.92 Å². The summed E-state index contributed by atoms with van der Waals surface area (Å²) in [5.74, 6) is -0.678. The lowest BCUT2D eigenvalue weighted by molar-refractivity contribution is -0.143. The fraction of sp³-hybridized carbons (Fsp3) is 0.600. The molecule has 4 heteroatoms. The van der Waals surface area contributed by atoms with Crippen molar-refractivity contribution in [3.63, 3.8) is 0 Å². The Balaban J connectivity index is 2.46. The van der Waals surface area contributed by atoms with Gasteiger partial charge in [0, 0.05) is 4.88 Å². The van der Waals surface area contributed by atoms with E-state index in [1.54, 1.807) is 5.51 Å². The molecule has 1 saturated carbocycles. The zero-order valence-corrected chi connectivity index (χ0v) is 8.93. The van der Waals surface area contributed by atoms with Crippen LogP contribution in [0.5, 0.6) is 0 Å². The molecule has 1 N–H and O–H groups in total. The number of rotatable bonds is 2. The van der Waals surface area contributed by atoms with Crippen molar-refractivity contribution < 1.29 is 9.90 Å². The first-order valence-corrected chi connectivity index (χ1v) is 5.69. The monoisotopic (exact) mass is 211 g/mol. The van der Waals surface area contributed by atoms with E-state index in [1.165, 1.54) is 11.3 Å². The molecule has 0 aromatic carbocycles. The van der Waals surface area contributed by atoms with Crippen LogP contribution in [0.1, 0.15) is 36.3 Å². The van der Waals surface area contributed by atoms with E-state index in [0.29, 0.717) is 0 Å². The maximum Gasteiger partial charge on any atom is 0.315 e. The van der Waals surface area contributed by atoms with Crippen molar-refractivity contribution in [1.29, 1.82) is 0 Å². The second kappa shape index (κ2) is 3.35. The molecule has 1 aliphatic rings. The summed E-state index contributed by atoms with van der Waals surface area (Å²) >= 11 is 1.48. The summed E-state index contributed by atoms with van der Waals surface area (Å²) in [5, 5.41) is 9.34. The molecule has 14 heavy (non-hydrogen) atoms. The van der Waals surface area contributed by atoms with E-state index in [2.05, 4.69) is 4.98 Å². The van der Waals surface area contributed by atoms with Crippen molar-refractivity contribution in [2.45, 2.75) is 38.0 Å². The van der Waals surface area contributed by atoms with E-state index in [-0.39, 0.29) is 0 Å². The normalized spacial score (nSPS) is 19.8. The molecule has 1 aromatic rings. The predicted octanol–water partition coefficient (Wildman–Crippen LogP) is 2.35. The lowest BCUT2D eigenvalue weighted by Gasteiger charge is -2.22. The maximum absolute atomic E-state index is 11.4. The highest BCUT2D eigenvalue weighted by molar-refractivity contribution is 7.10. The van der Waals surface area contributed by atoms with Crippen LogP contribution in [0.25, 0.3) is 0 Å². The summed E-state index contributed by atoms with van der Waals surface area (Å²) in [5.41, 5.74) is 2.01. The van der Waals surface area contributed by atoms with Crippen molar-refractivity contribution >= 4 is 17.3 Å². The van der Waals surface area contributed by atoms with E-state index in [4.69, 9.17) is 0 Å². The van der Waals surface area contributed by atoms with Crippen LogP contribution in [0.2, 0.25) is 0 Å². The van der Waals surface area contributed by atoms with Crippen molar-refractivity contribution in [2.75, 3.05) is 0 Å². The molecule has 0 spiro atoms. The fourth-order valence-electron chi connectivity index (χ4n) is 2.28. The molecular weight excluding hydrogens is 198 g/mol. The average Bonchev–Trinajstić information content (AvgIpc) is 2.72. The largest absolute Gasteiger partial charge is 0.481 e. The van der Waals surface area contributed by atoms with Gasteiger partial charge in [0.25, 0.3) is 0 Å². The van der Waals surface area contributed by atoms with Crippen LogP contribution in [-0.2, 0) is 10.2 Å². The van der Waals surface area contributed by atoms with Crippen molar-refractivity contribution in [3.8, 4) is 0 Å². The number of carboxylic acids is 1. The number of thiazole rings is 1. The topological polar surface area (TPSA) is 50.2 Å². The van der Waals surface area contributed by atoms with Crippen molar-refractivity contribution in [2.24, 2.45) is 0 Å². The average molecular weight is 211 g/mol. The Hall–Kier alpha value is -0.900. The van der Waals surface area contributed by atoms with Gasteiger partial charge in [-0.15, -0.1) is 11.3 Å². The summed E-state index contributed by atoms with van der Waals surface area (Å²) in [4.78, 5) is 16.5. The van der Waals surface area contributed by atoms with Gasteiger partial charge in [0.1, 0.15) is 5.41 Å². The van der Waals surface area contributed by atoms with Gasteiger partial charge in [-0.3, -0.25) is 4.79 Å². The predicted molar refractivity (Wildman–Crippen MR) is 54.6 cm³/mol. The lowest BCUT2D eigenvalue weighted by atomic mass is 9.84. The highest BCUT2D eigenvalue weighted by atomic mass is 32.1. The Morgan fingerprint density at radius 2 is 2.21 bits per heavy atom. The molecule has 76 valence electrons. The third kappa shape index (κ3) is 1.25. The summed E-state index contributed by atoms with van der Waals surface area (Å²) in [6.07, 6.45) is 3.57. The van der Waals surface area contributed by atoms with Gasteiger partial charge in [-0.25, -0.2) is 4.98 Å². The van der Waals surface area contributed by atoms with E-state index >= 15 is 0 Å². The summed E-state index contributed by atoms with van der Waals surface area (Å²) < 4.78 is 0. The molecule has 0 amide bonds. The van der Waals surface area contributed by atoms with Crippen LogP contribution in [0.15, 0.2) is 5.51 Å². The lowest BCUT2D eigenvalue weighted by Crippen LogP contribution is -2.32. The molecule has 1 heterocycles. The molecule has 0 bridgehead atoms. The number of aryl methyl sites for hydroxylation is 1. The second-order valence-corrected chi connectivity index (χ2v) is 4.72. The number of hydrogen-bond donors (Lipinski definition) is 1. The third-order valence-electron chi connectivity index (χ3n) is 3.05. The smallest absolute Gasteiger partial charge is 0.315 e. The molecule has 1 aromatic heterocycles. The van der Waals surface area contributed by atoms with Gasteiger partial charge in [0.2, 0.25) is 0 Å². The fourth-order valence-corrected chi connectivity index (χ4v) is 3.33. The van der Waals surface area contributed by atoms with E-state index < -0.39 is 11.4 Å². The van der Waals surface area contributed by atoms with Gasteiger partial charge in [-0.05, 0) is 19.8 Å². The van der Waals surface area contributed by atoms with Gasteiger partial charge >= 0.3 is 5.97 Å². The Morgan fingerprint density at radius 3 is 2.64 bits per heavy atom. The Labute approximate surface area is 86.8 Å². The van der Waals surface area contributed by atoms with Crippen LogP contribution >= 0.6 is 11.3 Å². The van der Waals surface area contributed by atoms with Crippen LogP contribution in [0, 0.1) is 6.92 Å². The molecular formula is C10H13NO2S. The van der Waals surface area contributed by atoms with E-state index in [0.717, 1.165) is 36.3 Å². The number of hydrogen-bond acceptors (Lipinski definition) is 3. The van der Waals surface area contributed by atoms with E-state index in [9.17, 15) is 9.90 Å². The van der Waals surface area contributed by atoms with Crippen molar-refractivity contribution in [1.82, 2.24) is 4.98 Å². The van der Waals surface area contributed by atoms with Crippen LogP contribution in [0.3, 0.4) is 0 Å². The van der Waals surface area contributed by atoms with Gasteiger partial charge in [-0.1, -0.05) is 12.8 Å². The summed E-state index contributed by atoms with van der Waals surface area (Å²) in [6, 6.07) is 0. The molecule has 0 unspecified atom stereocenters. The maximum atomic E-state index is 11.4. The highest BCUT2D eigenvalue weighted by Gasteiger charge is 2.45. The molecule has 1 aliphatic carbocycles. The van der Waals surface area contributed by atoms with Gasteiger partial charge in [0.15, 0.2) is 0 Å². The zero-order chi connectivity index (χ0) is 10.2. The molecule has 0 saturated heterocycles. The minimum Gasteiger partial charge on any atom is -0.481 e. The van der Waals surface area contributed by atoms with Crippen LogP contribution in [0.4, 0.5) is 0 Å². The SMILES string of the molecule is Cc1ncsc1C1(C(=O)O)CCCC1. The molecule has 3 nitrogen and oxygen atoms in total. The first kappa shape index (κ1) is 9.65. The Kier molecular flexibility index (Phi) is 2.31.